The Labute approximate surface area is 355 Å². The Hall–Kier alpha value is -6.92. The number of carbonyl (C=O) groups excluding carboxylic acids is 2. The highest BCUT2D eigenvalue weighted by molar-refractivity contribution is 6.09. The van der Waals surface area contributed by atoms with Gasteiger partial charge in [-0.2, -0.15) is 29.4 Å². The van der Waals surface area contributed by atoms with E-state index in [4.69, 9.17) is 19.7 Å². The average molecular weight is 841 g/mol. The molecular formula is C44H48N12O6. The third-order valence-corrected chi connectivity index (χ3v) is 12.2. The van der Waals surface area contributed by atoms with Crippen LogP contribution in [0.3, 0.4) is 0 Å². The fourth-order valence-corrected chi connectivity index (χ4v) is 8.59. The molecule has 2 saturated carbocycles. The van der Waals surface area contributed by atoms with Gasteiger partial charge in [-0.3, -0.25) is 19.0 Å². The molecule has 2 aliphatic rings. The fraction of sp³-hybridized carbons (Fsp3) is 0.364. The summed E-state index contributed by atoms with van der Waals surface area (Å²) in [6.45, 7) is 4.14. The minimum absolute atomic E-state index is 0.235. The second kappa shape index (κ2) is 16.9. The Balaban J connectivity index is 0.000000158. The van der Waals surface area contributed by atoms with Gasteiger partial charge in [-0.05, 0) is 86.8 Å². The molecule has 18 heteroatoms. The number of carbonyl (C=O) groups is 2. The van der Waals surface area contributed by atoms with Crippen LogP contribution < -0.4 is 20.1 Å². The quantitative estimate of drug-likeness (QED) is 0.136. The molecule has 2 amide bonds. The first-order chi connectivity index (χ1) is 30.1. The molecule has 2 aromatic carbocycles. The van der Waals surface area contributed by atoms with Gasteiger partial charge in [0.25, 0.3) is 11.8 Å². The Kier molecular flexibility index (Phi) is 11.0. The van der Waals surface area contributed by atoms with E-state index in [0.717, 1.165) is 60.3 Å². The molecule has 4 N–H and O–H groups in total. The number of nitrogens with zero attached hydrogens (tertiary/aromatic N) is 10. The second-order valence-electron chi connectivity index (χ2n) is 16.2. The summed E-state index contributed by atoms with van der Waals surface area (Å²) in [5.74, 6) is 1.71. The summed E-state index contributed by atoms with van der Waals surface area (Å²) in [7, 11) is 3.07. The van der Waals surface area contributed by atoms with Crippen LogP contribution in [0.2, 0.25) is 0 Å². The number of nitrogens with one attached hydrogen (secondary N) is 2. The van der Waals surface area contributed by atoms with Crippen molar-refractivity contribution < 1.29 is 29.3 Å². The van der Waals surface area contributed by atoms with Crippen molar-refractivity contribution in [1.29, 1.82) is 0 Å². The summed E-state index contributed by atoms with van der Waals surface area (Å²) in [6, 6.07) is 14.8. The lowest BCUT2D eigenvalue weighted by molar-refractivity contribution is 0.0573. The van der Waals surface area contributed by atoms with E-state index >= 15 is 0 Å². The number of methoxy groups -OCH3 is 2. The largest absolute Gasteiger partial charge is 0.496 e. The van der Waals surface area contributed by atoms with Gasteiger partial charge in [0, 0.05) is 47.7 Å². The van der Waals surface area contributed by atoms with Gasteiger partial charge in [0.2, 0.25) is 0 Å². The molecule has 6 heterocycles. The molecule has 18 nitrogen and oxygen atoms in total. The molecular weight excluding hydrogens is 793 g/mol. The van der Waals surface area contributed by atoms with Gasteiger partial charge in [-0.25, -0.2) is 9.97 Å². The maximum absolute atomic E-state index is 13.1. The van der Waals surface area contributed by atoms with Crippen molar-refractivity contribution in [1.82, 2.24) is 48.8 Å². The minimum Gasteiger partial charge on any atom is -0.496 e. The summed E-state index contributed by atoms with van der Waals surface area (Å²) in [5, 5.41) is 45.4. The van der Waals surface area contributed by atoms with Crippen LogP contribution in [-0.2, 0) is 0 Å². The fourth-order valence-electron chi connectivity index (χ4n) is 8.59. The Morgan fingerprint density at radius 3 is 1.50 bits per heavy atom. The Bertz CT molecular complexity index is 2720. The smallest absolute Gasteiger partial charge is 0.260 e. The number of rotatable bonds is 8. The minimum atomic E-state index is -0.312. The zero-order valence-corrected chi connectivity index (χ0v) is 34.8. The van der Waals surface area contributed by atoms with E-state index < -0.39 is 0 Å². The lowest BCUT2D eigenvalue weighted by Gasteiger charge is -2.31. The summed E-state index contributed by atoms with van der Waals surface area (Å²) in [4.78, 5) is 34.6. The Morgan fingerprint density at radius 1 is 0.661 bits per heavy atom. The van der Waals surface area contributed by atoms with E-state index in [2.05, 4.69) is 44.6 Å². The maximum Gasteiger partial charge on any atom is 0.260 e. The molecule has 0 bridgehead atoms. The van der Waals surface area contributed by atoms with Gasteiger partial charge in [-0.15, -0.1) is 0 Å². The van der Waals surface area contributed by atoms with Crippen LogP contribution in [0.4, 0.5) is 11.6 Å². The molecule has 0 aliphatic heterocycles. The van der Waals surface area contributed by atoms with Gasteiger partial charge in [0.05, 0.1) is 73.1 Å². The lowest BCUT2D eigenvalue weighted by atomic mass is 9.85. The van der Waals surface area contributed by atoms with Gasteiger partial charge < -0.3 is 30.3 Å². The van der Waals surface area contributed by atoms with Crippen LogP contribution >= 0.6 is 0 Å². The van der Waals surface area contributed by atoms with E-state index in [1.807, 2.05) is 33.9 Å². The Morgan fingerprint density at radius 2 is 1.10 bits per heavy atom. The highest BCUT2D eigenvalue weighted by Crippen LogP contribution is 2.36. The van der Waals surface area contributed by atoms with Crippen molar-refractivity contribution >= 4 is 56.6 Å². The number of imidazole rings is 2. The lowest BCUT2D eigenvalue weighted by Crippen LogP contribution is -2.28. The number of benzene rings is 2. The van der Waals surface area contributed by atoms with Crippen LogP contribution in [0, 0.1) is 11.8 Å². The molecule has 6 aromatic heterocycles. The van der Waals surface area contributed by atoms with E-state index in [0.29, 0.717) is 45.6 Å². The highest BCUT2D eigenvalue weighted by atomic mass is 16.5. The number of amides is 2. The first kappa shape index (κ1) is 40.5. The van der Waals surface area contributed by atoms with Gasteiger partial charge >= 0.3 is 0 Å². The van der Waals surface area contributed by atoms with Crippen LogP contribution in [0.1, 0.15) is 85.2 Å². The third-order valence-electron chi connectivity index (χ3n) is 12.2. The molecule has 2 fully saturated rings. The monoisotopic (exact) mass is 840 g/mol. The predicted octanol–water partition coefficient (Wildman–Crippen LogP) is 6.12. The number of hydrogen-bond acceptors (Lipinski definition) is 12. The molecule has 0 radical (unpaired) electrons. The summed E-state index contributed by atoms with van der Waals surface area (Å²) < 4.78 is 18.0. The van der Waals surface area contributed by atoms with Crippen molar-refractivity contribution in [3.8, 4) is 11.5 Å². The summed E-state index contributed by atoms with van der Waals surface area (Å²) >= 11 is 0. The van der Waals surface area contributed by atoms with Crippen molar-refractivity contribution in [3.63, 3.8) is 0 Å². The van der Waals surface area contributed by atoms with Gasteiger partial charge in [0.15, 0.2) is 22.9 Å². The first-order valence-electron chi connectivity index (χ1n) is 20.8. The molecule has 2 aliphatic carbocycles. The van der Waals surface area contributed by atoms with Crippen molar-refractivity contribution in [2.24, 2.45) is 11.8 Å². The van der Waals surface area contributed by atoms with Crippen molar-refractivity contribution in [2.75, 3.05) is 24.9 Å². The number of aliphatic hydroxyl groups is 2. The molecule has 62 heavy (non-hydrogen) atoms. The van der Waals surface area contributed by atoms with E-state index in [1.165, 1.54) is 14.2 Å². The number of aliphatic hydroxyl groups excluding tert-OH is 2. The van der Waals surface area contributed by atoms with Crippen molar-refractivity contribution in [3.05, 3.63) is 96.8 Å². The third kappa shape index (κ3) is 7.89. The molecule has 8 aromatic rings. The van der Waals surface area contributed by atoms with E-state index in [-0.39, 0.29) is 47.9 Å². The van der Waals surface area contributed by atoms with Crippen molar-refractivity contribution in [2.45, 2.75) is 76.7 Å². The van der Waals surface area contributed by atoms with Crippen LogP contribution in [0.15, 0.2) is 85.7 Å². The predicted molar refractivity (Wildman–Crippen MR) is 231 cm³/mol. The SMILES string of the molecule is COc1cc2nn([C@@H]3CC[C@H](O)[C@H](C)C3)cc2cc1C(=O)Nc1cnc2cccnn12.COc1cc2nn([C@H]3CC[C@H](O)[C@H](C)C3)cc2cc1C(=O)Nc1cnc2cccnn12. The average Bonchev–Trinajstić information content (AvgIpc) is 4.10. The van der Waals surface area contributed by atoms with Crippen LogP contribution in [0.5, 0.6) is 11.5 Å². The number of anilines is 2. The van der Waals surface area contributed by atoms with E-state index in [9.17, 15) is 19.8 Å². The standard InChI is InChI=1S/2C22H24N6O3/c2*1-13-8-15(5-6-18(13)29)27-12-14-9-16(19(31-2)10-17(14)26-27)22(30)25-21-11-23-20-4-3-7-24-28(20)21/h2*3-4,7,9-13,15,18,29H,5-6,8H2,1-2H3,(H,25,30)/t13-,15+,18+;13-,15-,18+/m11/s1. The second-order valence-corrected chi connectivity index (χ2v) is 16.2. The summed E-state index contributed by atoms with van der Waals surface area (Å²) in [5.41, 5.74) is 3.65. The number of hydrogen-bond donors (Lipinski definition) is 4. The molecule has 0 spiro atoms. The molecule has 6 atom stereocenters. The molecule has 320 valence electrons. The van der Waals surface area contributed by atoms with E-state index in [1.54, 1.807) is 70.2 Å². The molecule has 10 rings (SSSR count). The summed E-state index contributed by atoms with van der Waals surface area (Å²) in [6.07, 6.45) is 14.9. The number of ether oxygens (including phenoxy) is 2. The maximum atomic E-state index is 13.1. The normalized spacial score (nSPS) is 21.5. The topological polar surface area (TPSA) is 213 Å². The first-order valence-corrected chi connectivity index (χ1v) is 20.8. The van der Waals surface area contributed by atoms with Gasteiger partial charge in [0.1, 0.15) is 11.5 Å². The number of fused-ring (bicyclic) bond motifs is 4. The molecule has 0 unspecified atom stereocenters. The van der Waals surface area contributed by atoms with Crippen LogP contribution in [0.25, 0.3) is 33.1 Å². The zero-order chi connectivity index (χ0) is 43.1. The zero-order valence-electron chi connectivity index (χ0n) is 34.8. The molecule has 0 saturated heterocycles. The highest BCUT2D eigenvalue weighted by Gasteiger charge is 2.29. The van der Waals surface area contributed by atoms with Crippen LogP contribution in [-0.4, -0.2) is 97.2 Å². The van der Waals surface area contributed by atoms with Gasteiger partial charge in [-0.1, -0.05) is 13.8 Å². The number of aromatic nitrogens is 10.